The SMILES string of the molecule is CCCCCCCCC(CCCCCCCCC(=O)N(C)C)OS(=O)(=O)[O-].[Na+]. The third kappa shape index (κ3) is 21.1. The number of amides is 1. The van der Waals surface area contributed by atoms with Crippen molar-refractivity contribution in [1.29, 1.82) is 0 Å². The average molecular weight is 430 g/mol. The number of nitrogens with zero attached hydrogens (tertiary/aromatic N) is 1. The molecule has 1 atom stereocenters. The Balaban J connectivity index is 0. The minimum absolute atomic E-state index is 0. The molecule has 162 valence electrons. The molecule has 1 amide bonds. The molecule has 0 aromatic rings. The van der Waals surface area contributed by atoms with E-state index >= 15 is 0 Å². The summed E-state index contributed by atoms with van der Waals surface area (Å²) in [6.07, 6.45) is 14.1. The number of unbranched alkanes of at least 4 members (excludes halogenated alkanes) is 10. The van der Waals surface area contributed by atoms with Gasteiger partial charge in [0.25, 0.3) is 0 Å². The summed E-state index contributed by atoms with van der Waals surface area (Å²) in [7, 11) is -1.09. The van der Waals surface area contributed by atoms with E-state index < -0.39 is 16.5 Å². The second-order valence-corrected chi connectivity index (χ2v) is 8.64. The van der Waals surface area contributed by atoms with Gasteiger partial charge in [0.05, 0.1) is 6.10 Å². The van der Waals surface area contributed by atoms with E-state index in [-0.39, 0.29) is 35.5 Å². The molecule has 0 fully saturated rings. The predicted octanol–water partition coefficient (Wildman–Crippen LogP) is 1.80. The molecule has 0 heterocycles. The third-order valence-electron chi connectivity index (χ3n) is 4.80. The summed E-state index contributed by atoms with van der Waals surface area (Å²) in [5.74, 6) is 0.170. The first-order chi connectivity index (χ1) is 12.8. The zero-order chi connectivity index (χ0) is 20.5. The maximum Gasteiger partial charge on any atom is 1.00 e. The molecule has 0 rings (SSSR count). The molecule has 0 bridgehead atoms. The summed E-state index contributed by atoms with van der Waals surface area (Å²) in [4.78, 5) is 13.1. The first-order valence-corrected chi connectivity index (χ1v) is 11.9. The molecule has 0 aliphatic rings. The van der Waals surface area contributed by atoms with Crippen molar-refractivity contribution in [1.82, 2.24) is 4.90 Å². The molecule has 0 radical (unpaired) electrons. The Morgan fingerprint density at radius 2 is 1.29 bits per heavy atom. The monoisotopic (exact) mass is 429 g/mol. The summed E-state index contributed by atoms with van der Waals surface area (Å²) < 4.78 is 37.5. The summed E-state index contributed by atoms with van der Waals surface area (Å²) in [6, 6.07) is 0. The molecule has 0 saturated heterocycles. The molecule has 0 aliphatic heterocycles. The maximum absolute atomic E-state index is 11.5. The van der Waals surface area contributed by atoms with E-state index in [4.69, 9.17) is 4.18 Å². The fourth-order valence-corrected chi connectivity index (χ4v) is 3.66. The minimum Gasteiger partial charge on any atom is -0.726 e. The molecule has 0 aromatic carbocycles. The Bertz CT molecular complexity index is 471. The van der Waals surface area contributed by atoms with Crippen molar-refractivity contribution in [2.45, 2.75) is 109 Å². The van der Waals surface area contributed by atoms with Crippen molar-refractivity contribution in [3.05, 3.63) is 0 Å². The van der Waals surface area contributed by atoms with Crippen LogP contribution in [0.2, 0.25) is 0 Å². The maximum atomic E-state index is 11.5. The van der Waals surface area contributed by atoms with Crippen LogP contribution in [0.15, 0.2) is 0 Å². The quantitative estimate of drug-likeness (QED) is 0.143. The van der Waals surface area contributed by atoms with Crippen molar-refractivity contribution in [2.75, 3.05) is 14.1 Å². The van der Waals surface area contributed by atoms with Gasteiger partial charge in [-0.25, -0.2) is 8.42 Å². The second-order valence-electron chi connectivity index (χ2n) is 7.63. The van der Waals surface area contributed by atoms with Gasteiger partial charge in [0, 0.05) is 20.5 Å². The van der Waals surface area contributed by atoms with E-state index in [2.05, 4.69) is 6.92 Å². The molecular formula is C20H40NNaO5S. The van der Waals surface area contributed by atoms with Gasteiger partial charge in [-0.15, -0.1) is 0 Å². The van der Waals surface area contributed by atoms with Crippen LogP contribution in [-0.2, 0) is 19.4 Å². The Hall–Kier alpha value is 0.340. The van der Waals surface area contributed by atoms with Crippen molar-refractivity contribution in [3.8, 4) is 0 Å². The van der Waals surface area contributed by atoms with Gasteiger partial charge in [-0.3, -0.25) is 8.98 Å². The van der Waals surface area contributed by atoms with Gasteiger partial charge in [-0.2, -0.15) is 0 Å². The van der Waals surface area contributed by atoms with Gasteiger partial charge in [0.1, 0.15) is 0 Å². The first-order valence-electron chi connectivity index (χ1n) is 10.6. The van der Waals surface area contributed by atoms with E-state index in [1.165, 1.54) is 19.3 Å². The second kappa shape index (κ2) is 19.3. The van der Waals surface area contributed by atoms with Crippen LogP contribution in [0.3, 0.4) is 0 Å². The number of carbonyl (C=O) groups is 1. The normalized spacial score (nSPS) is 12.4. The van der Waals surface area contributed by atoms with Gasteiger partial charge in [0.15, 0.2) is 0 Å². The van der Waals surface area contributed by atoms with E-state index in [1.807, 2.05) is 0 Å². The first kappa shape index (κ1) is 30.5. The zero-order valence-electron chi connectivity index (χ0n) is 18.6. The predicted molar refractivity (Wildman–Crippen MR) is 108 cm³/mol. The minimum atomic E-state index is -4.63. The summed E-state index contributed by atoms with van der Waals surface area (Å²) >= 11 is 0. The number of carbonyl (C=O) groups excluding carboxylic acids is 1. The molecule has 28 heavy (non-hydrogen) atoms. The molecule has 0 aromatic heterocycles. The summed E-state index contributed by atoms with van der Waals surface area (Å²) in [5, 5.41) is 0. The Kier molecular flexibility index (Phi) is 21.1. The molecular weight excluding hydrogens is 389 g/mol. The van der Waals surface area contributed by atoms with E-state index in [9.17, 15) is 17.8 Å². The van der Waals surface area contributed by atoms with Gasteiger partial charge < -0.3 is 9.45 Å². The molecule has 0 N–H and O–H groups in total. The Morgan fingerprint density at radius 3 is 1.71 bits per heavy atom. The fourth-order valence-electron chi connectivity index (χ4n) is 3.14. The standard InChI is InChI=1S/C20H41NO5S.Na/c1-4-5-6-7-10-13-16-19(26-27(23,24)25)17-14-11-8-9-12-15-18-20(22)21(2)3;/h19H,4-18H2,1-3H3,(H,23,24,25);/q;+1/p-1. The van der Waals surface area contributed by atoms with Gasteiger partial charge in [0.2, 0.25) is 16.3 Å². The molecule has 6 nitrogen and oxygen atoms in total. The molecule has 0 spiro atoms. The van der Waals surface area contributed by atoms with Crippen molar-refractivity contribution in [3.63, 3.8) is 0 Å². The molecule has 0 saturated carbocycles. The van der Waals surface area contributed by atoms with Crippen LogP contribution >= 0.6 is 0 Å². The number of rotatable bonds is 18. The van der Waals surface area contributed by atoms with Crippen LogP contribution < -0.4 is 29.6 Å². The van der Waals surface area contributed by atoms with Crippen LogP contribution in [0.5, 0.6) is 0 Å². The van der Waals surface area contributed by atoms with E-state index in [0.29, 0.717) is 19.3 Å². The smallest absolute Gasteiger partial charge is 0.726 e. The largest absolute Gasteiger partial charge is 1.00 e. The summed E-state index contributed by atoms with van der Waals surface area (Å²) in [6.45, 7) is 2.17. The molecule has 0 aliphatic carbocycles. The van der Waals surface area contributed by atoms with Crippen molar-refractivity contribution >= 4 is 16.3 Å². The van der Waals surface area contributed by atoms with Crippen LogP contribution in [-0.4, -0.2) is 44.0 Å². The Labute approximate surface area is 195 Å². The fraction of sp³-hybridized carbons (Fsp3) is 0.950. The van der Waals surface area contributed by atoms with Crippen LogP contribution in [0.1, 0.15) is 103 Å². The van der Waals surface area contributed by atoms with E-state index in [1.54, 1.807) is 19.0 Å². The van der Waals surface area contributed by atoms with Crippen molar-refractivity contribution < 1.29 is 51.5 Å². The third-order valence-corrected chi connectivity index (χ3v) is 5.31. The topological polar surface area (TPSA) is 86.7 Å². The van der Waals surface area contributed by atoms with Gasteiger partial charge in [-0.05, 0) is 19.3 Å². The van der Waals surface area contributed by atoms with Crippen LogP contribution in [0, 0.1) is 0 Å². The summed E-state index contributed by atoms with van der Waals surface area (Å²) in [5.41, 5.74) is 0. The van der Waals surface area contributed by atoms with Crippen molar-refractivity contribution in [2.24, 2.45) is 0 Å². The van der Waals surface area contributed by atoms with Crippen LogP contribution in [0.25, 0.3) is 0 Å². The average Bonchev–Trinajstić information content (AvgIpc) is 2.58. The van der Waals surface area contributed by atoms with E-state index in [0.717, 1.165) is 57.8 Å². The molecule has 1 unspecified atom stereocenters. The number of hydrogen-bond donors (Lipinski definition) is 0. The van der Waals surface area contributed by atoms with Gasteiger partial charge >= 0.3 is 29.6 Å². The van der Waals surface area contributed by atoms with Gasteiger partial charge in [-0.1, -0.05) is 77.6 Å². The molecule has 8 heteroatoms. The number of hydrogen-bond acceptors (Lipinski definition) is 5. The Morgan fingerprint density at radius 1 is 0.857 bits per heavy atom. The van der Waals surface area contributed by atoms with Crippen LogP contribution in [0.4, 0.5) is 0 Å². The zero-order valence-corrected chi connectivity index (χ0v) is 21.4.